The van der Waals surface area contributed by atoms with Crippen LogP contribution in [0.3, 0.4) is 0 Å². The SMILES string of the molecule is COc1ccc(CN2CC3(C2)[C@H](c2ccccc2)[C@@H](CO)N3CC2CCCC2)cc1. The summed E-state index contributed by atoms with van der Waals surface area (Å²) in [7, 11) is 1.71. The number of aliphatic hydroxyl groups excluding tert-OH is 1. The molecule has 0 amide bonds. The van der Waals surface area contributed by atoms with Crippen molar-refractivity contribution >= 4 is 0 Å². The number of likely N-dealkylation sites (tertiary alicyclic amines) is 2. The van der Waals surface area contributed by atoms with Gasteiger partial charge in [-0.2, -0.15) is 0 Å². The summed E-state index contributed by atoms with van der Waals surface area (Å²) in [6.45, 7) is 4.56. The highest BCUT2D eigenvalue weighted by Crippen LogP contribution is 2.54. The summed E-state index contributed by atoms with van der Waals surface area (Å²) in [6.07, 6.45) is 5.47. The molecule has 2 saturated heterocycles. The molecule has 0 radical (unpaired) electrons. The lowest BCUT2D eigenvalue weighted by atomic mass is 9.60. The molecule has 0 bridgehead atoms. The summed E-state index contributed by atoms with van der Waals surface area (Å²) >= 11 is 0. The van der Waals surface area contributed by atoms with E-state index in [9.17, 15) is 5.11 Å². The Hall–Kier alpha value is -1.88. The molecule has 3 fully saturated rings. The van der Waals surface area contributed by atoms with Crippen LogP contribution in [-0.2, 0) is 6.54 Å². The predicted octanol–water partition coefficient (Wildman–Crippen LogP) is 3.90. The molecule has 2 aliphatic heterocycles. The van der Waals surface area contributed by atoms with Gasteiger partial charge in [0, 0.05) is 38.1 Å². The van der Waals surface area contributed by atoms with Crippen molar-refractivity contribution in [1.82, 2.24) is 9.80 Å². The third-order valence-electron chi connectivity index (χ3n) is 7.77. The Bertz CT molecular complexity index is 826. The van der Waals surface area contributed by atoms with Crippen molar-refractivity contribution in [1.29, 1.82) is 0 Å². The molecule has 2 aromatic rings. The Balaban J connectivity index is 1.33. The smallest absolute Gasteiger partial charge is 0.118 e. The van der Waals surface area contributed by atoms with Crippen molar-refractivity contribution in [3.05, 3.63) is 65.7 Å². The van der Waals surface area contributed by atoms with Crippen LogP contribution in [0.4, 0.5) is 0 Å². The first-order valence-electron chi connectivity index (χ1n) is 11.5. The van der Waals surface area contributed by atoms with Crippen molar-refractivity contribution in [3.8, 4) is 5.75 Å². The van der Waals surface area contributed by atoms with Crippen LogP contribution in [0.25, 0.3) is 0 Å². The quantitative estimate of drug-likeness (QED) is 0.757. The molecule has 1 N–H and O–H groups in total. The first-order valence-corrected chi connectivity index (χ1v) is 11.5. The third-order valence-corrected chi connectivity index (χ3v) is 7.77. The molecular formula is C26H34N2O2. The molecular weight excluding hydrogens is 372 g/mol. The summed E-state index contributed by atoms with van der Waals surface area (Å²) in [4.78, 5) is 5.25. The number of methoxy groups -OCH3 is 1. The van der Waals surface area contributed by atoms with E-state index in [1.807, 2.05) is 0 Å². The highest BCUT2D eigenvalue weighted by Gasteiger charge is 2.65. The topological polar surface area (TPSA) is 35.9 Å². The van der Waals surface area contributed by atoms with Crippen molar-refractivity contribution in [3.63, 3.8) is 0 Å². The number of aliphatic hydroxyl groups is 1. The summed E-state index contributed by atoms with van der Waals surface area (Å²) in [5.41, 5.74) is 2.91. The van der Waals surface area contributed by atoms with Crippen LogP contribution in [0.15, 0.2) is 54.6 Å². The number of rotatable bonds is 7. The fourth-order valence-electron chi connectivity index (χ4n) is 6.36. The van der Waals surface area contributed by atoms with Gasteiger partial charge in [0.1, 0.15) is 5.75 Å². The van der Waals surface area contributed by atoms with Gasteiger partial charge in [0.2, 0.25) is 0 Å². The highest BCUT2D eigenvalue weighted by atomic mass is 16.5. The van der Waals surface area contributed by atoms with Gasteiger partial charge in [-0.25, -0.2) is 0 Å². The van der Waals surface area contributed by atoms with E-state index in [4.69, 9.17) is 4.74 Å². The van der Waals surface area contributed by atoms with Crippen LogP contribution in [0.5, 0.6) is 5.75 Å². The van der Waals surface area contributed by atoms with Gasteiger partial charge in [0.25, 0.3) is 0 Å². The zero-order valence-corrected chi connectivity index (χ0v) is 18.0. The zero-order chi connectivity index (χ0) is 20.6. The van der Waals surface area contributed by atoms with Gasteiger partial charge < -0.3 is 9.84 Å². The molecule has 1 spiro atoms. The maximum absolute atomic E-state index is 10.3. The Morgan fingerprint density at radius 1 is 1.00 bits per heavy atom. The molecule has 5 rings (SSSR count). The lowest BCUT2D eigenvalue weighted by molar-refractivity contribution is -0.197. The molecule has 2 atom stereocenters. The Labute approximate surface area is 180 Å². The van der Waals surface area contributed by atoms with Crippen LogP contribution in [0.1, 0.15) is 42.7 Å². The Kier molecular flexibility index (Phi) is 5.57. The number of ether oxygens (including phenoxy) is 1. The van der Waals surface area contributed by atoms with Crippen molar-refractivity contribution in [2.45, 2.75) is 49.7 Å². The van der Waals surface area contributed by atoms with Gasteiger partial charge in [-0.15, -0.1) is 0 Å². The minimum absolute atomic E-state index is 0.184. The molecule has 3 aliphatic rings. The largest absolute Gasteiger partial charge is 0.497 e. The summed E-state index contributed by atoms with van der Waals surface area (Å²) in [5.74, 6) is 2.15. The molecule has 4 heteroatoms. The Morgan fingerprint density at radius 3 is 2.33 bits per heavy atom. The average Bonchev–Trinajstić information content (AvgIpc) is 3.27. The predicted molar refractivity (Wildman–Crippen MR) is 120 cm³/mol. The monoisotopic (exact) mass is 406 g/mol. The number of benzene rings is 2. The molecule has 2 heterocycles. The van der Waals surface area contributed by atoms with E-state index in [1.54, 1.807) is 7.11 Å². The van der Waals surface area contributed by atoms with Gasteiger partial charge >= 0.3 is 0 Å². The normalized spacial score (nSPS) is 26.5. The second kappa shape index (κ2) is 8.33. The van der Waals surface area contributed by atoms with Crippen molar-refractivity contribution in [2.24, 2.45) is 5.92 Å². The number of hydrogen-bond donors (Lipinski definition) is 1. The number of hydrogen-bond acceptors (Lipinski definition) is 4. The fraction of sp³-hybridized carbons (Fsp3) is 0.538. The van der Waals surface area contributed by atoms with E-state index in [0.29, 0.717) is 5.92 Å². The van der Waals surface area contributed by atoms with Crippen LogP contribution in [0, 0.1) is 5.92 Å². The minimum atomic E-state index is 0.184. The number of nitrogens with zero attached hydrogens (tertiary/aromatic N) is 2. The van der Waals surface area contributed by atoms with E-state index >= 15 is 0 Å². The molecule has 4 nitrogen and oxygen atoms in total. The molecule has 1 saturated carbocycles. The van der Waals surface area contributed by atoms with Crippen molar-refractivity contribution in [2.75, 3.05) is 33.4 Å². The van der Waals surface area contributed by atoms with Crippen LogP contribution >= 0.6 is 0 Å². The molecule has 0 unspecified atom stereocenters. The zero-order valence-electron chi connectivity index (χ0n) is 18.0. The average molecular weight is 407 g/mol. The van der Waals surface area contributed by atoms with Crippen LogP contribution in [-0.4, -0.2) is 59.8 Å². The van der Waals surface area contributed by atoms with Crippen molar-refractivity contribution < 1.29 is 9.84 Å². The fourth-order valence-corrected chi connectivity index (χ4v) is 6.36. The van der Waals surface area contributed by atoms with E-state index in [-0.39, 0.29) is 18.2 Å². The van der Waals surface area contributed by atoms with Gasteiger partial charge in [0.15, 0.2) is 0 Å². The second-order valence-corrected chi connectivity index (χ2v) is 9.54. The standard InChI is InChI=1S/C26H34N2O2/c1-30-23-13-11-21(12-14-23)15-27-18-26(19-27)25(22-9-3-2-4-10-22)24(17-29)28(26)16-20-7-5-6-8-20/h2-4,9-14,20,24-25,29H,5-8,15-19H2,1H3/t24-,25-/m1/s1. The van der Waals surface area contributed by atoms with Gasteiger partial charge in [-0.1, -0.05) is 55.3 Å². The molecule has 1 aliphatic carbocycles. The van der Waals surface area contributed by atoms with E-state index in [0.717, 1.165) is 37.8 Å². The van der Waals surface area contributed by atoms with Gasteiger partial charge in [-0.05, 0) is 42.0 Å². The maximum Gasteiger partial charge on any atom is 0.118 e. The second-order valence-electron chi connectivity index (χ2n) is 9.54. The van der Waals surface area contributed by atoms with E-state index in [2.05, 4.69) is 64.4 Å². The van der Waals surface area contributed by atoms with E-state index < -0.39 is 0 Å². The summed E-state index contributed by atoms with van der Waals surface area (Å²) in [5, 5.41) is 10.3. The molecule has 0 aromatic heterocycles. The first kappa shape index (κ1) is 20.0. The van der Waals surface area contributed by atoms with Crippen LogP contribution < -0.4 is 4.74 Å². The maximum atomic E-state index is 10.3. The van der Waals surface area contributed by atoms with Gasteiger partial charge in [0.05, 0.1) is 19.3 Å². The summed E-state index contributed by atoms with van der Waals surface area (Å²) < 4.78 is 5.29. The Morgan fingerprint density at radius 2 is 1.70 bits per heavy atom. The summed E-state index contributed by atoms with van der Waals surface area (Å²) in [6, 6.07) is 19.6. The lowest BCUT2D eigenvalue weighted by Crippen LogP contribution is -2.84. The van der Waals surface area contributed by atoms with Gasteiger partial charge in [-0.3, -0.25) is 9.80 Å². The minimum Gasteiger partial charge on any atom is -0.497 e. The molecule has 160 valence electrons. The van der Waals surface area contributed by atoms with E-state index in [1.165, 1.54) is 36.8 Å². The molecule has 2 aromatic carbocycles. The lowest BCUT2D eigenvalue weighted by Gasteiger charge is -2.71. The third kappa shape index (κ3) is 3.45. The van der Waals surface area contributed by atoms with Crippen LogP contribution in [0.2, 0.25) is 0 Å². The first-order chi connectivity index (χ1) is 14.7. The highest BCUT2D eigenvalue weighted by molar-refractivity contribution is 5.36. The molecule has 30 heavy (non-hydrogen) atoms.